The molecule has 0 fully saturated rings. The van der Waals surface area contributed by atoms with Crippen molar-refractivity contribution in [2.75, 3.05) is 0 Å². The monoisotopic (exact) mass is 218 g/mol. The van der Waals surface area contributed by atoms with Crippen LogP contribution in [0.2, 0.25) is 0 Å². The molecule has 0 radical (unpaired) electrons. The van der Waals surface area contributed by atoms with Gasteiger partial charge >= 0.3 is 5.97 Å². The molecule has 1 N–H and O–H groups in total. The van der Waals surface area contributed by atoms with Crippen molar-refractivity contribution in [2.45, 2.75) is 20.3 Å². The number of aliphatic carboxylic acids is 1. The molecule has 0 aliphatic heterocycles. The molecule has 0 amide bonds. The molecule has 1 aromatic carbocycles. The van der Waals surface area contributed by atoms with Crippen molar-refractivity contribution in [3.63, 3.8) is 0 Å². The molecule has 0 unspecified atom stereocenters. The summed E-state index contributed by atoms with van der Waals surface area (Å²) in [5.74, 6) is -0.827. The van der Waals surface area contributed by atoms with Crippen LogP contribution in [0.25, 0.3) is 6.08 Å². The average Bonchev–Trinajstić information content (AvgIpc) is 2.31. The summed E-state index contributed by atoms with van der Waals surface area (Å²) in [6.45, 7) is 7.13. The van der Waals surface area contributed by atoms with Gasteiger partial charge in [-0.3, -0.25) is 0 Å². The Morgan fingerprint density at radius 3 is 2.19 bits per heavy atom. The first kappa shape index (κ1) is 14.2. The Morgan fingerprint density at radius 2 is 1.94 bits per heavy atom. The molecule has 0 saturated heterocycles. The first-order valence-electron chi connectivity index (χ1n) is 5.19. The summed E-state index contributed by atoms with van der Waals surface area (Å²) < 4.78 is 0. The zero-order valence-corrected chi connectivity index (χ0v) is 9.81. The minimum atomic E-state index is -0.827. The Kier molecular flexibility index (Phi) is 7.51. The summed E-state index contributed by atoms with van der Waals surface area (Å²) in [6.07, 6.45) is 4.31. The first-order chi connectivity index (χ1) is 7.61. The highest BCUT2D eigenvalue weighted by atomic mass is 16.4. The van der Waals surface area contributed by atoms with Crippen LogP contribution < -0.4 is 0 Å². The third-order valence-corrected chi connectivity index (χ3v) is 1.88. The summed E-state index contributed by atoms with van der Waals surface area (Å²) in [5.41, 5.74) is 1.60. The van der Waals surface area contributed by atoms with Gasteiger partial charge in [-0.25, -0.2) is 4.79 Å². The molecule has 0 spiro atoms. The maximum Gasteiger partial charge on any atom is 0.330 e. The van der Waals surface area contributed by atoms with Gasteiger partial charge in [-0.1, -0.05) is 56.0 Å². The quantitative estimate of drug-likeness (QED) is 0.784. The smallest absolute Gasteiger partial charge is 0.330 e. The normalized spacial score (nSPS) is 10.0. The van der Waals surface area contributed by atoms with Crippen molar-refractivity contribution in [3.05, 3.63) is 54.1 Å². The lowest BCUT2D eigenvalue weighted by Crippen LogP contribution is -1.94. The second kappa shape index (κ2) is 8.48. The second-order valence-corrected chi connectivity index (χ2v) is 3.22. The first-order valence-corrected chi connectivity index (χ1v) is 5.19. The summed E-state index contributed by atoms with van der Waals surface area (Å²) in [6, 6.07) is 10.0. The molecule has 0 aliphatic carbocycles. The molecule has 0 aliphatic rings. The molecule has 1 rings (SSSR count). The van der Waals surface area contributed by atoms with Crippen molar-refractivity contribution >= 4 is 12.0 Å². The third-order valence-electron chi connectivity index (χ3n) is 1.88. The number of carboxylic acids is 1. The van der Waals surface area contributed by atoms with Gasteiger partial charge in [0.1, 0.15) is 0 Å². The van der Waals surface area contributed by atoms with Gasteiger partial charge in [0.15, 0.2) is 0 Å². The minimum absolute atomic E-state index is 0.424. The van der Waals surface area contributed by atoms with Crippen LogP contribution in [0.3, 0.4) is 0 Å². The molecule has 2 heteroatoms. The van der Waals surface area contributed by atoms with Gasteiger partial charge in [0, 0.05) is 5.57 Å². The van der Waals surface area contributed by atoms with E-state index in [4.69, 9.17) is 5.11 Å². The number of rotatable bonds is 3. The van der Waals surface area contributed by atoms with E-state index in [-0.39, 0.29) is 0 Å². The van der Waals surface area contributed by atoms with Gasteiger partial charge < -0.3 is 5.11 Å². The average molecular weight is 218 g/mol. The van der Waals surface area contributed by atoms with E-state index in [1.165, 1.54) is 5.56 Å². The standard InChI is InChI=1S/C8H8.C6H10O2/c1-2-8-6-4-3-5-7-8;1-3-4-5(2)6(7)8/h2-7H,1H2;4H,3H2,1-2H3,(H,7,8)/b;5-4+. The molecule has 16 heavy (non-hydrogen) atoms. The lowest BCUT2D eigenvalue weighted by Gasteiger charge is -1.87. The Labute approximate surface area is 96.9 Å². The van der Waals surface area contributed by atoms with Crippen LogP contribution in [0.15, 0.2) is 48.6 Å². The van der Waals surface area contributed by atoms with E-state index in [9.17, 15) is 4.79 Å². The van der Waals surface area contributed by atoms with Crippen LogP contribution in [0, 0.1) is 0 Å². The predicted octanol–water partition coefficient (Wildman–Crippen LogP) is 3.76. The van der Waals surface area contributed by atoms with E-state index in [2.05, 4.69) is 6.58 Å². The fourth-order valence-electron chi connectivity index (χ4n) is 0.983. The SMILES string of the molecule is C=Cc1ccccc1.CC/C=C(\C)C(=O)O. The fraction of sp³-hybridized carbons (Fsp3) is 0.214. The number of allylic oxidation sites excluding steroid dienone is 1. The molecule has 86 valence electrons. The van der Waals surface area contributed by atoms with Gasteiger partial charge in [-0.2, -0.15) is 0 Å². The van der Waals surface area contributed by atoms with Gasteiger partial charge in [0.05, 0.1) is 0 Å². The number of hydrogen-bond donors (Lipinski definition) is 1. The zero-order chi connectivity index (χ0) is 12.4. The van der Waals surface area contributed by atoms with E-state index in [0.717, 1.165) is 6.42 Å². The zero-order valence-electron chi connectivity index (χ0n) is 9.81. The van der Waals surface area contributed by atoms with Crippen molar-refractivity contribution < 1.29 is 9.90 Å². The Balaban J connectivity index is 0.000000281. The summed E-state index contributed by atoms with van der Waals surface area (Å²) in [4.78, 5) is 10.0. The fourth-order valence-corrected chi connectivity index (χ4v) is 0.983. The van der Waals surface area contributed by atoms with Crippen molar-refractivity contribution in [2.24, 2.45) is 0 Å². The highest BCUT2D eigenvalue weighted by Crippen LogP contribution is 1.97. The van der Waals surface area contributed by atoms with E-state index >= 15 is 0 Å². The molecule has 0 atom stereocenters. The Bertz CT molecular complexity index is 350. The molecule has 0 aromatic heterocycles. The maximum absolute atomic E-state index is 10.0. The molecule has 0 bridgehead atoms. The second-order valence-electron chi connectivity index (χ2n) is 3.22. The van der Waals surface area contributed by atoms with Crippen LogP contribution in [0.4, 0.5) is 0 Å². The molecular weight excluding hydrogens is 200 g/mol. The molecule has 2 nitrogen and oxygen atoms in total. The van der Waals surface area contributed by atoms with Crippen molar-refractivity contribution in [1.82, 2.24) is 0 Å². The Hall–Kier alpha value is -1.83. The summed E-state index contributed by atoms with van der Waals surface area (Å²) in [5, 5.41) is 8.24. The number of carbonyl (C=O) groups is 1. The molecule has 1 aromatic rings. The van der Waals surface area contributed by atoms with Crippen LogP contribution in [0.5, 0.6) is 0 Å². The van der Waals surface area contributed by atoms with Crippen molar-refractivity contribution in [3.8, 4) is 0 Å². The van der Waals surface area contributed by atoms with Gasteiger partial charge in [-0.05, 0) is 18.9 Å². The molecular formula is C14H18O2. The summed E-state index contributed by atoms with van der Waals surface area (Å²) >= 11 is 0. The predicted molar refractivity (Wildman–Crippen MR) is 68.2 cm³/mol. The van der Waals surface area contributed by atoms with Gasteiger partial charge in [-0.15, -0.1) is 0 Å². The van der Waals surface area contributed by atoms with Crippen LogP contribution in [-0.2, 0) is 4.79 Å². The van der Waals surface area contributed by atoms with E-state index < -0.39 is 5.97 Å². The van der Waals surface area contributed by atoms with Crippen molar-refractivity contribution in [1.29, 1.82) is 0 Å². The van der Waals surface area contributed by atoms with E-state index in [1.54, 1.807) is 13.0 Å². The number of benzene rings is 1. The van der Waals surface area contributed by atoms with E-state index in [0.29, 0.717) is 5.57 Å². The largest absolute Gasteiger partial charge is 0.478 e. The summed E-state index contributed by atoms with van der Waals surface area (Å²) in [7, 11) is 0. The highest BCUT2D eigenvalue weighted by Gasteiger charge is 1.94. The Morgan fingerprint density at radius 1 is 1.38 bits per heavy atom. The van der Waals surface area contributed by atoms with Gasteiger partial charge in [0.2, 0.25) is 0 Å². The lowest BCUT2D eigenvalue weighted by atomic mass is 10.2. The topological polar surface area (TPSA) is 37.3 Å². The lowest BCUT2D eigenvalue weighted by molar-refractivity contribution is -0.132. The minimum Gasteiger partial charge on any atom is -0.478 e. The highest BCUT2D eigenvalue weighted by molar-refractivity contribution is 5.85. The third kappa shape index (κ3) is 6.60. The molecule has 0 saturated carbocycles. The van der Waals surface area contributed by atoms with Gasteiger partial charge in [0.25, 0.3) is 0 Å². The van der Waals surface area contributed by atoms with E-state index in [1.807, 2.05) is 43.3 Å². The number of carboxylic acid groups (broad SMARTS) is 1. The molecule has 0 heterocycles. The number of hydrogen-bond acceptors (Lipinski definition) is 1. The van der Waals surface area contributed by atoms with Crippen LogP contribution in [0.1, 0.15) is 25.8 Å². The maximum atomic E-state index is 10.0. The van der Waals surface area contributed by atoms with Crippen LogP contribution >= 0.6 is 0 Å². The van der Waals surface area contributed by atoms with Crippen LogP contribution in [-0.4, -0.2) is 11.1 Å².